The molecule has 1 N–H and O–H groups in total. The Kier molecular flexibility index (Phi) is 6.22. The molecular weight excluding hydrogens is 405 g/mol. The molecule has 0 saturated carbocycles. The van der Waals surface area contributed by atoms with Crippen LogP contribution in [0.2, 0.25) is 0 Å². The van der Waals surface area contributed by atoms with Crippen LogP contribution >= 0.6 is 0 Å². The Morgan fingerprint density at radius 2 is 1.72 bits per heavy atom. The Hall–Kier alpha value is -4.06. The number of nitrogens with one attached hydrogen (secondary N) is 1. The Bertz CT molecular complexity index is 1240. The van der Waals surface area contributed by atoms with E-state index in [0.29, 0.717) is 11.6 Å². The number of halogens is 1. The molecular formula is C26H22FN3O2. The van der Waals surface area contributed by atoms with E-state index in [-0.39, 0.29) is 29.7 Å². The van der Waals surface area contributed by atoms with Crippen molar-refractivity contribution in [2.45, 2.75) is 20.4 Å². The fraction of sp³-hybridized carbons (Fsp3) is 0.115. The summed E-state index contributed by atoms with van der Waals surface area (Å²) in [6.45, 7) is 4.25. The molecule has 5 nitrogen and oxygen atoms in total. The molecule has 0 aliphatic rings. The van der Waals surface area contributed by atoms with Gasteiger partial charge in [-0.2, -0.15) is 4.98 Å². The van der Waals surface area contributed by atoms with E-state index >= 15 is 0 Å². The smallest absolute Gasteiger partial charge is 0.258 e. The molecule has 0 aliphatic heterocycles. The van der Waals surface area contributed by atoms with Gasteiger partial charge >= 0.3 is 0 Å². The van der Waals surface area contributed by atoms with Gasteiger partial charge in [-0.3, -0.25) is 4.79 Å². The van der Waals surface area contributed by atoms with E-state index in [0.717, 1.165) is 22.3 Å². The highest BCUT2D eigenvalue weighted by Gasteiger charge is 2.18. The average Bonchev–Trinajstić information content (AvgIpc) is 2.81. The van der Waals surface area contributed by atoms with Gasteiger partial charge in [0.25, 0.3) is 5.91 Å². The van der Waals surface area contributed by atoms with Gasteiger partial charge in [0.1, 0.15) is 17.1 Å². The van der Waals surface area contributed by atoms with Crippen LogP contribution in [0.25, 0.3) is 11.4 Å². The highest BCUT2D eigenvalue weighted by Crippen LogP contribution is 2.27. The Morgan fingerprint density at radius 3 is 2.44 bits per heavy atom. The van der Waals surface area contributed by atoms with Crippen molar-refractivity contribution in [2.24, 2.45) is 0 Å². The molecule has 32 heavy (non-hydrogen) atoms. The molecule has 160 valence electrons. The Balaban J connectivity index is 1.64. The lowest BCUT2D eigenvalue weighted by molar-refractivity contribution is 0.0947. The van der Waals surface area contributed by atoms with Crippen molar-refractivity contribution < 1.29 is 13.9 Å². The zero-order valence-corrected chi connectivity index (χ0v) is 17.8. The third kappa shape index (κ3) is 4.98. The molecule has 0 spiro atoms. The van der Waals surface area contributed by atoms with Crippen LogP contribution in [0.5, 0.6) is 11.6 Å². The lowest BCUT2D eigenvalue weighted by atomic mass is 10.1. The topological polar surface area (TPSA) is 64.1 Å². The van der Waals surface area contributed by atoms with E-state index in [4.69, 9.17) is 4.74 Å². The number of benzene rings is 3. The first-order chi connectivity index (χ1) is 15.5. The van der Waals surface area contributed by atoms with E-state index in [9.17, 15) is 9.18 Å². The number of amides is 1. The van der Waals surface area contributed by atoms with Crippen LogP contribution in [0.4, 0.5) is 4.39 Å². The molecule has 3 aromatic carbocycles. The van der Waals surface area contributed by atoms with Gasteiger partial charge in [-0.25, -0.2) is 9.37 Å². The van der Waals surface area contributed by atoms with Crippen LogP contribution in [0.1, 0.15) is 27.0 Å². The van der Waals surface area contributed by atoms with Gasteiger partial charge in [-0.1, -0.05) is 48.5 Å². The maximum atomic E-state index is 13.1. The van der Waals surface area contributed by atoms with Crippen molar-refractivity contribution >= 4 is 5.91 Å². The highest BCUT2D eigenvalue weighted by molar-refractivity contribution is 5.96. The predicted molar refractivity (Wildman–Crippen MR) is 121 cm³/mol. The van der Waals surface area contributed by atoms with Crippen molar-refractivity contribution in [1.82, 2.24) is 15.3 Å². The largest absolute Gasteiger partial charge is 0.438 e. The first kappa shape index (κ1) is 21.2. The molecule has 0 unspecified atom stereocenters. The van der Waals surface area contributed by atoms with E-state index < -0.39 is 0 Å². The van der Waals surface area contributed by atoms with Crippen LogP contribution in [0, 0.1) is 19.7 Å². The average molecular weight is 427 g/mol. The predicted octanol–water partition coefficient (Wildman–Crippen LogP) is 5.62. The molecule has 1 heterocycles. The molecule has 4 aromatic rings. The van der Waals surface area contributed by atoms with Gasteiger partial charge in [-0.05, 0) is 54.8 Å². The summed E-state index contributed by atoms with van der Waals surface area (Å²) in [5.74, 6) is 0.499. The van der Waals surface area contributed by atoms with Gasteiger partial charge < -0.3 is 10.1 Å². The fourth-order valence-electron chi connectivity index (χ4n) is 3.09. The number of carbonyl (C=O) groups is 1. The van der Waals surface area contributed by atoms with E-state index in [2.05, 4.69) is 15.3 Å². The lowest BCUT2D eigenvalue weighted by Gasteiger charge is -2.13. The molecule has 0 bridgehead atoms. The molecule has 0 radical (unpaired) electrons. The minimum atomic E-state index is -0.382. The molecule has 4 rings (SSSR count). The summed E-state index contributed by atoms with van der Waals surface area (Å²) in [6, 6.07) is 21.1. The van der Waals surface area contributed by atoms with Crippen LogP contribution in [-0.2, 0) is 6.54 Å². The van der Waals surface area contributed by atoms with Crippen molar-refractivity contribution in [1.29, 1.82) is 0 Å². The zero-order chi connectivity index (χ0) is 22.5. The van der Waals surface area contributed by atoms with Crippen LogP contribution in [0.15, 0.2) is 79.0 Å². The van der Waals surface area contributed by atoms with Gasteiger partial charge in [0, 0.05) is 18.3 Å². The maximum absolute atomic E-state index is 13.1. The molecule has 0 atom stereocenters. The van der Waals surface area contributed by atoms with Crippen molar-refractivity contribution in [3.8, 4) is 23.0 Å². The monoisotopic (exact) mass is 427 g/mol. The summed E-state index contributed by atoms with van der Waals surface area (Å²) in [5, 5.41) is 2.82. The van der Waals surface area contributed by atoms with Gasteiger partial charge in [0.2, 0.25) is 5.88 Å². The molecule has 0 aliphatic carbocycles. The highest BCUT2D eigenvalue weighted by atomic mass is 19.1. The van der Waals surface area contributed by atoms with E-state index in [1.165, 1.54) is 18.3 Å². The number of ether oxygens (including phenoxy) is 1. The summed E-state index contributed by atoms with van der Waals surface area (Å²) >= 11 is 0. The molecule has 1 aromatic heterocycles. The normalized spacial score (nSPS) is 10.6. The fourth-order valence-corrected chi connectivity index (χ4v) is 3.09. The molecule has 0 fully saturated rings. The van der Waals surface area contributed by atoms with Crippen LogP contribution in [-0.4, -0.2) is 15.9 Å². The molecule has 1 amide bonds. The maximum Gasteiger partial charge on any atom is 0.258 e. The number of rotatable bonds is 6. The minimum absolute atomic E-state index is 0.165. The summed E-state index contributed by atoms with van der Waals surface area (Å²) in [6.07, 6.45) is 1.46. The van der Waals surface area contributed by atoms with E-state index in [1.807, 2.05) is 62.4 Å². The van der Waals surface area contributed by atoms with Crippen molar-refractivity contribution in [2.75, 3.05) is 0 Å². The third-order valence-electron chi connectivity index (χ3n) is 5.09. The summed E-state index contributed by atoms with van der Waals surface area (Å²) in [5.41, 5.74) is 4.02. The summed E-state index contributed by atoms with van der Waals surface area (Å²) in [4.78, 5) is 21.8. The van der Waals surface area contributed by atoms with Crippen LogP contribution < -0.4 is 10.1 Å². The second-order valence-electron chi connectivity index (χ2n) is 7.44. The second kappa shape index (κ2) is 9.39. The summed E-state index contributed by atoms with van der Waals surface area (Å²) in [7, 11) is 0. The van der Waals surface area contributed by atoms with Crippen molar-refractivity contribution in [3.05, 3.63) is 107 Å². The number of aryl methyl sites for hydroxylation is 2. The number of carbonyl (C=O) groups excluding carboxylic acids is 1. The quantitative estimate of drug-likeness (QED) is 0.434. The SMILES string of the molecule is Cc1ccc(Oc2nc(-c3ccccc3)ncc2C(=O)NCc2ccc(F)cc2)cc1C. The standard InChI is InChI=1S/C26H22FN3O2/c1-17-8-13-22(14-18(17)2)32-26-23(16-28-24(30-26)20-6-4-3-5-7-20)25(31)29-15-19-9-11-21(27)12-10-19/h3-14,16H,15H2,1-2H3,(H,29,31). The van der Waals surface area contributed by atoms with E-state index in [1.54, 1.807) is 12.1 Å². The zero-order valence-electron chi connectivity index (χ0n) is 17.8. The molecule has 0 saturated heterocycles. The first-order valence-electron chi connectivity index (χ1n) is 10.2. The minimum Gasteiger partial charge on any atom is -0.438 e. The van der Waals surface area contributed by atoms with Gasteiger partial charge in [0.05, 0.1) is 0 Å². The molecule has 6 heteroatoms. The Labute approximate surface area is 185 Å². The van der Waals surface area contributed by atoms with Crippen LogP contribution in [0.3, 0.4) is 0 Å². The first-order valence-corrected chi connectivity index (χ1v) is 10.2. The number of aromatic nitrogens is 2. The lowest BCUT2D eigenvalue weighted by Crippen LogP contribution is -2.24. The Morgan fingerprint density at radius 1 is 0.969 bits per heavy atom. The van der Waals surface area contributed by atoms with Crippen molar-refractivity contribution in [3.63, 3.8) is 0 Å². The number of hydrogen-bond acceptors (Lipinski definition) is 4. The second-order valence-corrected chi connectivity index (χ2v) is 7.44. The third-order valence-corrected chi connectivity index (χ3v) is 5.09. The van der Waals surface area contributed by atoms with Gasteiger partial charge in [0.15, 0.2) is 5.82 Å². The number of nitrogens with zero attached hydrogens (tertiary/aromatic N) is 2. The van der Waals surface area contributed by atoms with Gasteiger partial charge in [-0.15, -0.1) is 0 Å². The number of hydrogen-bond donors (Lipinski definition) is 1. The summed E-state index contributed by atoms with van der Waals surface area (Å²) < 4.78 is 19.2.